The normalized spacial score (nSPS) is 10.9. The minimum absolute atomic E-state index is 0.823. The maximum Gasteiger partial charge on any atom is 0.0460 e. The summed E-state index contributed by atoms with van der Waals surface area (Å²) >= 11 is 0. The maximum atomic E-state index is 6.07. The fourth-order valence-corrected chi connectivity index (χ4v) is 2.22. The van der Waals surface area contributed by atoms with Crippen molar-refractivity contribution >= 4 is 16.6 Å². The van der Waals surface area contributed by atoms with Crippen molar-refractivity contribution < 1.29 is 0 Å². The van der Waals surface area contributed by atoms with E-state index in [2.05, 4.69) is 42.2 Å². The zero-order valence-corrected chi connectivity index (χ0v) is 9.70. The van der Waals surface area contributed by atoms with Crippen molar-refractivity contribution in [3.05, 3.63) is 54.2 Å². The van der Waals surface area contributed by atoms with E-state index in [-0.39, 0.29) is 0 Å². The first-order valence-corrected chi connectivity index (χ1v) is 5.68. The molecule has 1 heterocycles. The molecule has 3 aromatic rings. The fraction of sp³-hybridized carbons (Fsp3) is 0.0667. The van der Waals surface area contributed by atoms with E-state index in [1.165, 1.54) is 16.5 Å². The molecule has 0 saturated heterocycles. The van der Waals surface area contributed by atoms with E-state index >= 15 is 0 Å². The Balaban J connectivity index is 2.34. The Bertz CT molecular complexity index is 680. The Morgan fingerprint density at radius 1 is 1.00 bits per heavy atom. The molecule has 84 valence electrons. The summed E-state index contributed by atoms with van der Waals surface area (Å²) in [6.07, 6.45) is 1.96. The molecule has 0 bridgehead atoms. The molecular formula is C15H14N2. The number of H-pyrrole nitrogens is 1. The van der Waals surface area contributed by atoms with Crippen molar-refractivity contribution in [2.45, 2.75) is 6.92 Å². The summed E-state index contributed by atoms with van der Waals surface area (Å²) in [6, 6.07) is 14.5. The Labute approximate surface area is 100 Å². The zero-order chi connectivity index (χ0) is 11.8. The lowest BCUT2D eigenvalue weighted by Gasteiger charge is -2.08. The fourth-order valence-electron chi connectivity index (χ4n) is 2.22. The van der Waals surface area contributed by atoms with Gasteiger partial charge in [0.05, 0.1) is 0 Å². The number of hydrogen-bond acceptors (Lipinski definition) is 1. The highest BCUT2D eigenvalue weighted by Crippen LogP contribution is 2.32. The minimum atomic E-state index is 0.823. The summed E-state index contributed by atoms with van der Waals surface area (Å²) in [5, 5.41) is 1.21. The van der Waals surface area contributed by atoms with Gasteiger partial charge in [-0.1, -0.05) is 23.8 Å². The zero-order valence-electron chi connectivity index (χ0n) is 9.70. The van der Waals surface area contributed by atoms with Crippen LogP contribution < -0.4 is 5.73 Å². The number of hydrogen-bond donors (Lipinski definition) is 2. The molecule has 0 saturated carbocycles. The number of nitrogens with one attached hydrogen (secondary N) is 1. The highest BCUT2D eigenvalue weighted by atomic mass is 14.7. The van der Waals surface area contributed by atoms with Gasteiger partial charge in [-0.25, -0.2) is 0 Å². The number of aromatic amines is 1. The molecular weight excluding hydrogens is 208 g/mol. The minimum Gasteiger partial charge on any atom is -0.398 e. The quantitative estimate of drug-likeness (QED) is 0.605. The van der Waals surface area contributed by atoms with Crippen LogP contribution in [0.2, 0.25) is 0 Å². The molecule has 0 radical (unpaired) electrons. The summed E-state index contributed by atoms with van der Waals surface area (Å²) in [5.74, 6) is 0. The lowest BCUT2D eigenvalue weighted by atomic mass is 9.98. The second kappa shape index (κ2) is 3.67. The van der Waals surface area contributed by atoms with E-state index < -0.39 is 0 Å². The number of aromatic nitrogens is 1. The van der Waals surface area contributed by atoms with Gasteiger partial charge in [-0.05, 0) is 36.8 Å². The molecule has 0 aliphatic carbocycles. The molecule has 3 N–H and O–H groups in total. The van der Waals surface area contributed by atoms with Gasteiger partial charge in [0.1, 0.15) is 0 Å². The molecule has 17 heavy (non-hydrogen) atoms. The third kappa shape index (κ3) is 1.58. The summed E-state index contributed by atoms with van der Waals surface area (Å²) in [4.78, 5) is 3.22. The van der Waals surface area contributed by atoms with Crippen LogP contribution in [-0.4, -0.2) is 4.98 Å². The van der Waals surface area contributed by atoms with Gasteiger partial charge in [-0.3, -0.25) is 0 Å². The van der Waals surface area contributed by atoms with Crippen LogP contribution in [-0.2, 0) is 0 Å². The second-order valence-electron chi connectivity index (χ2n) is 4.34. The van der Waals surface area contributed by atoms with E-state index in [1.807, 2.05) is 18.3 Å². The van der Waals surface area contributed by atoms with Crippen molar-refractivity contribution in [2.75, 3.05) is 5.73 Å². The van der Waals surface area contributed by atoms with Crippen molar-refractivity contribution in [3.8, 4) is 11.1 Å². The summed E-state index contributed by atoms with van der Waals surface area (Å²) in [5.41, 5.74) is 11.6. The molecule has 2 heteroatoms. The Hall–Kier alpha value is -2.22. The number of anilines is 1. The molecule has 2 aromatic carbocycles. The van der Waals surface area contributed by atoms with Crippen LogP contribution >= 0.6 is 0 Å². The van der Waals surface area contributed by atoms with Gasteiger partial charge in [0.15, 0.2) is 0 Å². The number of rotatable bonds is 1. The van der Waals surface area contributed by atoms with Crippen LogP contribution in [0.3, 0.4) is 0 Å². The van der Waals surface area contributed by atoms with Crippen LogP contribution in [0.25, 0.3) is 22.0 Å². The molecule has 2 nitrogen and oxygen atoms in total. The lowest BCUT2D eigenvalue weighted by Crippen LogP contribution is -1.91. The molecule has 0 aliphatic heterocycles. The molecule has 0 amide bonds. The number of fused-ring (bicyclic) bond motifs is 1. The predicted octanol–water partition coefficient (Wildman–Crippen LogP) is 3.73. The van der Waals surface area contributed by atoms with Crippen LogP contribution in [0.1, 0.15) is 5.56 Å². The summed E-state index contributed by atoms with van der Waals surface area (Å²) < 4.78 is 0. The van der Waals surface area contributed by atoms with Crippen LogP contribution in [0, 0.1) is 6.92 Å². The van der Waals surface area contributed by atoms with E-state index in [4.69, 9.17) is 5.73 Å². The average molecular weight is 222 g/mol. The third-order valence-electron chi connectivity index (χ3n) is 3.09. The standard InChI is InChI=1S/C15H14N2/c1-10-5-6-14(16)13(9-10)11-3-2-4-15-12(11)7-8-17-15/h2-9,17H,16H2,1H3. The first kappa shape index (κ1) is 9.97. The largest absolute Gasteiger partial charge is 0.398 e. The first-order valence-electron chi connectivity index (χ1n) is 5.68. The monoisotopic (exact) mass is 222 g/mol. The Morgan fingerprint density at radius 3 is 2.76 bits per heavy atom. The SMILES string of the molecule is Cc1ccc(N)c(-c2cccc3[nH]ccc23)c1. The molecule has 0 aliphatic rings. The second-order valence-corrected chi connectivity index (χ2v) is 4.34. The topological polar surface area (TPSA) is 41.8 Å². The molecule has 0 unspecified atom stereocenters. The van der Waals surface area contributed by atoms with Crippen LogP contribution in [0.5, 0.6) is 0 Å². The maximum absolute atomic E-state index is 6.07. The number of nitrogens with two attached hydrogens (primary N) is 1. The van der Waals surface area contributed by atoms with Crippen LogP contribution in [0.4, 0.5) is 5.69 Å². The van der Waals surface area contributed by atoms with Gasteiger partial charge >= 0.3 is 0 Å². The first-order chi connectivity index (χ1) is 8.25. The van der Waals surface area contributed by atoms with Crippen molar-refractivity contribution in [3.63, 3.8) is 0 Å². The smallest absolute Gasteiger partial charge is 0.0460 e. The van der Waals surface area contributed by atoms with E-state index in [0.29, 0.717) is 0 Å². The van der Waals surface area contributed by atoms with Crippen LogP contribution in [0.15, 0.2) is 48.7 Å². The predicted molar refractivity (Wildman–Crippen MR) is 72.9 cm³/mol. The van der Waals surface area contributed by atoms with Gasteiger partial charge in [-0.15, -0.1) is 0 Å². The summed E-state index contributed by atoms with van der Waals surface area (Å²) in [6.45, 7) is 2.08. The highest BCUT2D eigenvalue weighted by Gasteiger charge is 2.07. The van der Waals surface area contributed by atoms with Gasteiger partial charge in [0, 0.05) is 28.4 Å². The van der Waals surface area contributed by atoms with E-state index in [9.17, 15) is 0 Å². The third-order valence-corrected chi connectivity index (χ3v) is 3.09. The van der Waals surface area contributed by atoms with Gasteiger partial charge < -0.3 is 10.7 Å². The van der Waals surface area contributed by atoms with E-state index in [0.717, 1.165) is 16.8 Å². The molecule has 0 fully saturated rings. The van der Waals surface area contributed by atoms with Gasteiger partial charge in [0.2, 0.25) is 0 Å². The number of nitrogen functional groups attached to an aromatic ring is 1. The summed E-state index contributed by atoms with van der Waals surface area (Å²) in [7, 11) is 0. The van der Waals surface area contributed by atoms with Gasteiger partial charge in [-0.2, -0.15) is 0 Å². The Kier molecular flexibility index (Phi) is 2.15. The molecule has 0 atom stereocenters. The number of benzene rings is 2. The van der Waals surface area contributed by atoms with Crippen molar-refractivity contribution in [1.29, 1.82) is 0 Å². The lowest BCUT2D eigenvalue weighted by molar-refractivity contribution is 1.47. The average Bonchev–Trinajstić information content (AvgIpc) is 2.80. The van der Waals surface area contributed by atoms with Crippen molar-refractivity contribution in [2.24, 2.45) is 0 Å². The molecule has 1 aromatic heterocycles. The number of aryl methyl sites for hydroxylation is 1. The van der Waals surface area contributed by atoms with E-state index in [1.54, 1.807) is 0 Å². The Morgan fingerprint density at radius 2 is 1.88 bits per heavy atom. The highest BCUT2D eigenvalue weighted by molar-refractivity contribution is 5.98. The molecule has 0 spiro atoms. The van der Waals surface area contributed by atoms with Gasteiger partial charge in [0.25, 0.3) is 0 Å². The van der Waals surface area contributed by atoms with Crippen molar-refractivity contribution in [1.82, 2.24) is 4.98 Å². The molecule has 3 rings (SSSR count).